The van der Waals surface area contributed by atoms with E-state index in [9.17, 15) is 0 Å². The van der Waals surface area contributed by atoms with Crippen molar-refractivity contribution in [2.75, 3.05) is 39.1 Å². The fraction of sp³-hybridized carbons (Fsp3) is 0.400. The number of fused-ring (bicyclic) bond motifs is 1. The van der Waals surface area contributed by atoms with Crippen LogP contribution in [0.2, 0.25) is 0 Å². The summed E-state index contributed by atoms with van der Waals surface area (Å²) in [6.07, 6.45) is 0. The zero-order chi connectivity index (χ0) is 13.8. The molecule has 1 aromatic carbocycles. The molecular weight excluding hydrogens is 236 g/mol. The molecule has 2 N–H and O–H groups in total. The first-order chi connectivity index (χ1) is 9.11. The van der Waals surface area contributed by atoms with E-state index in [0.29, 0.717) is 6.54 Å². The van der Waals surface area contributed by atoms with Crippen LogP contribution in [-0.2, 0) is 6.54 Å². The van der Waals surface area contributed by atoms with Crippen molar-refractivity contribution >= 4 is 16.6 Å². The fourth-order valence-corrected chi connectivity index (χ4v) is 2.10. The van der Waals surface area contributed by atoms with Gasteiger partial charge in [0.15, 0.2) is 0 Å². The summed E-state index contributed by atoms with van der Waals surface area (Å²) >= 11 is 0. The van der Waals surface area contributed by atoms with Gasteiger partial charge < -0.3 is 15.5 Å². The molecular formula is C15H22N4. The van der Waals surface area contributed by atoms with E-state index in [0.717, 1.165) is 24.3 Å². The highest BCUT2D eigenvalue weighted by Gasteiger charge is 2.09. The molecule has 2 rings (SSSR count). The van der Waals surface area contributed by atoms with Crippen molar-refractivity contribution < 1.29 is 0 Å². The molecule has 0 saturated carbocycles. The topological polar surface area (TPSA) is 45.4 Å². The highest BCUT2D eigenvalue weighted by Crippen LogP contribution is 2.25. The maximum Gasteiger partial charge on any atom is 0.0726 e. The van der Waals surface area contributed by atoms with Gasteiger partial charge in [-0.05, 0) is 26.2 Å². The van der Waals surface area contributed by atoms with Crippen molar-refractivity contribution in [1.29, 1.82) is 0 Å². The van der Waals surface area contributed by atoms with Crippen LogP contribution in [0.3, 0.4) is 0 Å². The minimum Gasteiger partial charge on any atom is -0.373 e. The monoisotopic (exact) mass is 258 g/mol. The average molecular weight is 258 g/mol. The Morgan fingerprint density at radius 1 is 1.11 bits per heavy atom. The molecule has 0 saturated heterocycles. The zero-order valence-corrected chi connectivity index (χ0v) is 11.9. The lowest BCUT2D eigenvalue weighted by Crippen LogP contribution is -2.28. The molecule has 0 unspecified atom stereocenters. The summed E-state index contributed by atoms with van der Waals surface area (Å²) in [4.78, 5) is 9.02. The molecule has 0 aliphatic carbocycles. The zero-order valence-electron chi connectivity index (χ0n) is 11.9. The van der Waals surface area contributed by atoms with Crippen molar-refractivity contribution in [3.8, 4) is 0 Å². The highest BCUT2D eigenvalue weighted by atomic mass is 15.2. The molecule has 4 nitrogen and oxygen atoms in total. The molecule has 19 heavy (non-hydrogen) atoms. The molecule has 4 heteroatoms. The van der Waals surface area contributed by atoms with E-state index in [4.69, 9.17) is 5.73 Å². The second kappa shape index (κ2) is 5.99. The summed E-state index contributed by atoms with van der Waals surface area (Å²) in [5.41, 5.74) is 8.89. The molecule has 0 aliphatic heterocycles. The largest absolute Gasteiger partial charge is 0.373 e. The lowest BCUT2D eigenvalue weighted by molar-refractivity contribution is 0.416. The number of benzene rings is 1. The third kappa shape index (κ3) is 3.22. The van der Waals surface area contributed by atoms with Gasteiger partial charge in [0.25, 0.3) is 0 Å². The van der Waals surface area contributed by atoms with Crippen LogP contribution in [0, 0.1) is 0 Å². The van der Waals surface area contributed by atoms with Gasteiger partial charge in [0.1, 0.15) is 0 Å². The Kier molecular flexibility index (Phi) is 4.35. The van der Waals surface area contributed by atoms with E-state index in [1.54, 1.807) is 0 Å². The molecule has 0 radical (unpaired) electrons. The number of nitrogens with zero attached hydrogens (tertiary/aromatic N) is 3. The van der Waals surface area contributed by atoms with Gasteiger partial charge in [-0.2, -0.15) is 0 Å². The van der Waals surface area contributed by atoms with Gasteiger partial charge in [-0.3, -0.25) is 4.98 Å². The molecule has 1 heterocycles. The number of rotatable bonds is 5. The first-order valence-corrected chi connectivity index (χ1v) is 6.56. The summed E-state index contributed by atoms with van der Waals surface area (Å²) < 4.78 is 0. The second-order valence-electron chi connectivity index (χ2n) is 5.08. The summed E-state index contributed by atoms with van der Waals surface area (Å²) in [6, 6.07) is 10.3. The van der Waals surface area contributed by atoms with E-state index in [1.165, 1.54) is 11.1 Å². The van der Waals surface area contributed by atoms with E-state index in [2.05, 4.69) is 54.1 Å². The van der Waals surface area contributed by atoms with Crippen molar-refractivity contribution in [3.05, 3.63) is 36.0 Å². The predicted octanol–water partition coefficient (Wildman–Crippen LogP) is 1.69. The van der Waals surface area contributed by atoms with Gasteiger partial charge in [-0.1, -0.05) is 18.2 Å². The molecule has 0 fully saturated rings. The van der Waals surface area contributed by atoms with Gasteiger partial charge >= 0.3 is 0 Å². The first kappa shape index (κ1) is 13.8. The van der Waals surface area contributed by atoms with Crippen LogP contribution in [0.1, 0.15) is 5.69 Å². The summed E-state index contributed by atoms with van der Waals surface area (Å²) in [5, 5.41) is 1.18. The number of para-hydroxylation sites is 1. The fourth-order valence-electron chi connectivity index (χ4n) is 2.10. The van der Waals surface area contributed by atoms with Crippen molar-refractivity contribution in [2.24, 2.45) is 5.73 Å². The van der Waals surface area contributed by atoms with Gasteiger partial charge in [-0.25, -0.2) is 0 Å². The van der Waals surface area contributed by atoms with Crippen LogP contribution in [0.15, 0.2) is 30.3 Å². The quantitative estimate of drug-likeness (QED) is 0.886. The Morgan fingerprint density at radius 2 is 1.84 bits per heavy atom. The first-order valence-electron chi connectivity index (χ1n) is 6.56. The molecule has 0 bridgehead atoms. The number of anilines is 1. The minimum atomic E-state index is 0.472. The number of aromatic nitrogens is 1. The van der Waals surface area contributed by atoms with Gasteiger partial charge in [0.05, 0.1) is 11.2 Å². The van der Waals surface area contributed by atoms with Crippen LogP contribution in [0.4, 0.5) is 5.69 Å². The maximum atomic E-state index is 5.74. The van der Waals surface area contributed by atoms with E-state index >= 15 is 0 Å². The van der Waals surface area contributed by atoms with Crippen LogP contribution >= 0.6 is 0 Å². The number of hydrogen-bond donors (Lipinski definition) is 1. The van der Waals surface area contributed by atoms with E-state index < -0.39 is 0 Å². The minimum absolute atomic E-state index is 0.472. The Labute approximate surface area is 114 Å². The number of hydrogen-bond acceptors (Lipinski definition) is 4. The van der Waals surface area contributed by atoms with Gasteiger partial charge in [0.2, 0.25) is 0 Å². The molecule has 0 atom stereocenters. The number of likely N-dealkylation sites (N-methyl/N-ethyl adjacent to an activating group) is 2. The molecule has 0 amide bonds. The molecule has 0 spiro atoms. The third-order valence-corrected chi connectivity index (χ3v) is 3.25. The van der Waals surface area contributed by atoms with Crippen molar-refractivity contribution in [2.45, 2.75) is 6.54 Å². The summed E-state index contributed by atoms with van der Waals surface area (Å²) in [5.74, 6) is 0. The lowest BCUT2D eigenvalue weighted by Gasteiger charge is -2.23. The smallest absolute Gasteiger partial charge is 0.0726 e. The second-order valence-corrected chi connectivity index (χ2v) is 5.08. The Bertz CT molecular complexity index is 551. The normalized spacial score (nSPS) is 11.2. The summed E-state index contributed by atoms with van der Waals surface area (Å²) in [7, 11) is 6.29. The highest BCUT2D eigenvalue weighted by molar-refractivity contribution is 5.91. The molecule has 1 aromatic heterocycles. The van der Waals surface area contributed by atoms with Gasteiger partial charge in [-0.15, -0.1) is 0 Å². The molecule has 102 valence electrons. The Hall–Kier alpha value is -1.65. The molecule has 2 aromatic rings. The predicted molar refractivity (Wildman–Crippen MR) is 81.5 cm³/mol. The van der Waals surface area contributed by atoms with Crippen LogP contribution in [0.5, 0.6) is 0 Å². The van der Waals surface area contributed by atoms with Crippen molar-refractivity contribution in [3.63, 3.8) is 0 Å². The van der Waals surface area contributed by atoms with Crippen molar-refractivity contribution in [1.82, 2.24) is 9.88 Å². The Balaban J connectivity index is 2.39. The Morgan fingerprint density at radius 3 is 2.53 bits per heavy atom. The number of nitrogens with two attached hydrogens (primary N) is 1. The van der Waals surface area contributed by atoms with Crippen LogP contribution in [-0.4, -0.2) is 44.1 Å². The summed E-state index contributed by atoms with van der Waals surface area (Å²) in [6.45, 7) is 2.47. The SMILES string of the molecule is CN(C)CCN(C)c1cc(CN)nc2ccccc12. The lowest BCUT2D eigenvalue weighted by atomic mass is 10.1. The number of pyridine rings is 1. The maximum absolute atomic E-state index is 5.74. The third-order valence-electron chi connectivity index (χ3n) is 3.25. The average Bonchev–Trinajstić information content (AvgIpc) is 2.43. The van der Waals surface area contributed by atoms with Crippen LogP contribution < -0.4 is 10.6 Å². The van der Waals surface area contributed by atoms with Gasteiger partial charge in [0, 0.05) is 37.8 Å². The van der Waals surface area contributed by atoms with E-state index in [1.807, 2.05) is 12.1 Å². The molecule has 0 aliphatic rings. The standard InChI is InChI=1S/C15H22N4/c1-18(2)8-9-19(3)15-10-12(11-16)17-14-7-5-4-6-13(14)15/h4-7,10H,8-9,11,16H2,1-3H3. The van der Waals surface area contributed by atoms with E-state index in [-0.39, 0.29) is 0 Å². The van der Waals surface area contributed by atoms with Crippen LogP contribution in [0.25, 0.3) is 10.9 Å².